The Kier molecular flexibility index (Phi) is 4.95. The molecule has 2 rings (SSSR count). The molecule has 2 atom stereocenters. The van der Waals surface area contributed by atoms with E-state index in [1.54, 1.807) is 0 Å². The number of carbonyl (C=O) groups is 1. The fraction of sp³-hybridized carbons (Fsp3) is 0.643. The zero-order valence-corrected chi connectivity index (χ0v) is 13.5. The maximum atomic E-state index is 11.4. The Balaban J connectivity index is 2.16. The lowest BCUT2D eigenvalue weighted by Gasteiger charge is -2.17. The monoisotopic (exact) mass is 313 g/mol. The lowest BCUT2D eigenvalue weighted by Crippen LogP contribution is -2.20. The number of hydrogen-bond acceptors (Lipinski definition) is 6. The largest absolute Gasteiger partial charge is 0.486 e. The molecule has 0 bridgehead atoms. The van der Waals surface area contributed by atoms with Crippen molar-refractivity contribution in [3.63, 3.8) is 0 Å². The molecule has 1 amide bonds. The van der Waals surface area contributed by atoms with Gasteiger partial charge in [0.2, 0.25) is 0 Å². The topological polar surface area (TPSA) is 99.6 Å². The van der Waals surface area contributed by atoms with Gasteiger partial charge >= 0.3 is 0 Å². The molecule has 0 aromatic carbocycles. The number of thiophene rings is 1. The molecule has 0 spiro atoms. The van der Waals surface area contributed by atoms with Crippen LogP contribution >= 0.6 is 11.3 Å². The van der Waals surface area contributed by atoms with E-state index in [0.29, 0.717) is 22.2 Å². The third kappa shape index (κ3) is 3.59. The highest BCUT2D eigenvalue weighted by Crippen LogP contribution is 2.43. The summed E-state index contributed by atoms with van der Waals surface area (Å²) < 4.78 is 11.3. The van der Waals surface area contributed by atoms with E-state index in [-0.39, 0.29) is 12.2 Å². The van der Waals surface area contributed by atoms with Crippen molar-refractivity contribution in [1.29, 1.82) is 0 Å². The smallest absolute Gasteiger partial charge is 0.261 e. The van der Waals surface area contributed by atoms with Gasteiger partial charge in [-0.05, 0) is 27.2 Å². The van der Waals surface area contributed by atoms with Gasteiger partial charge in [-0.1, -0.05) is 0 Å². The average Bonchev–Trinajstić information content (AvgIpc) is 2.93. The standard InChI is InChI=1S/C14H23N3O3S/c1-7(2)20-11-10(15)12(13(16)18)21-14(11)17-6-9-4-5-19-8(9)3/h7-9,17H,4-6,15H2,1-3H3,(H2,16,18). The van der Waals surface area contributed by atoms with Crippen LogP contribution in [0, 0.1) is 5.92 Å². The minimum atomic E-state index is -0.531. The Morgan fingerprint density at radius 1 is 1.57 bits per heavy atom. The van der Waals surface area contributed by atoms with Gasteiger partial charge in [0.25, 0.3) is 5.91 Å². The van der Waals surface area contributed by atoms with Crippen LogP contribution in [0.1, 0.15) is 36.9 Å². The average molecular weight is 313 g/mol. The minimum absolute atomic E-state index is 0.0306. The first kappa shape index (κ1) is 15.9. The summed E-state index contributed by atoms with van der Waals surface area (Å²) in [7, 11) is 0. The number of primary amides is 1. The molecule has 1 saturated heterocycles. The second-order valence-corrected chi connectivity index (χ2v) is 6.56. The van der Waals surface area contributed by atoms with E-state index in [4.69, 9.17) is 20.9 Å². The van der Waals surface area contributed by atoms with Crippen molar-refractivity contribution in [2.45, 2.75) is 39.4 Å². The fourth-order valence-corrected chi connectivity index (χ4v) is 3.26. The Morgan fingerprint density at radius 3 is 2.81 bits per heavy atom. The van der Waals surface area contributed by atoms with Gasteiger partial charge in [-0.25, -0.2) is 0 Å². The molecule has 1 aliphatic rings. The highest BCUT2D eigenvalue weighted by Gasteiger charge is 2.26. The van der Waals surface area contributed by atoms with E-state index in [2.05, 4.69) is 12.2 Å². The van der Waals surface area contributed by atoms with E-state index in [1.165, 1.54) is 11.3 Å². The quantitative estimate of drug-likeness (QED) is 0.746. The normalized spacial score (nSPS) is 21.7. The first-order valence-corrected chi connectivity index (χ1v) is 7.96. The number of amides is 1. The molecule has 7 heteroatoms. The number of nitrogens with two attached hydrogens (primary N) is 2. The third-order valence-corrected chi connectivity index (χ3v) is 4.69. The van der Waals surface area contributed by atoms with Crippen LogP contribution in [-0.2, 0) is 4.74 Å². The van der Waals surface area contributed by atoms with Crippen LogP contribution in [0.15, 0.2) is 0 Å². The highest BCUT2D eigenvalue weighted by atomic mass is 32.1. The first-order valence-electron chi connectivity index (χ1n) is 7.14. The lowest BCUT2D eigenvalue weighted by atomic mass is 10.0. The molecule has 1 aliphatic heterocycles. The van der Waals surface area contributed by atoms with Gasteiger partial charge in [-0.2, -0.15) is 0 Å². The summed E-state index contributed by atoms with van der Waals surface area (Å²) >= 11 is 1.24. The Hall–Kier alpha value is -1.47. The Bertz CT molecular complexity index is 516. The number of carbonyl (C=O) groups excluding carboxylic acids is 1. The van der Waals surface area contributed by atoms with E-state index in [1.807, 2.05) is 13.8 Å². The van der Waals surface area contributed by atoms with Gasteiger partial charge in [0.05, 0.1) is 12.2 Å². The fourth-order valence-electron chi connectivity index (χ4n) is 2.35. The van der Waals surface area contributed by atoms with E-state index >= 15 is 0 Å². The summed E-state index contributed by atoms with van der Waals surface area (Å²) in [4.78, 5) is 11.8. The molecular formula is C14H23N3O3S. The van der Waals surface area contributed by atoms with Gasteiger partial charge in [-0.15, -0.1) is 11.3 Å². The molecule has 2 heterocycles. The van der Waals surface area contributed by atoms with Crippen LogP contribution < -0.4 is 21.5 Å². The zero-order valence-electron chi connectivity index (χ0n) is 12.6. The van der Waals surface area contributed by atoms with Crippen LogP contribution in [0.25, 0.3) is 0 Å². The maximum Gasteiger partial charge on any atom is 0.261 e. The lowest BCUT2D eigenvalue weighted by molar-refractivity contribution is 0.100. The van der Waals surface area contributed by atoms with Crippen molar-refractivity contribution in [2.75, 3.05) is 24.2 Å². The molecule has 1 aromatic heterocycles. The van der Waals surface area contributed by atoms with Gasteiger partial charge in [0.15, 0.2) is 5.75 Å². The van der Waals surface area contributed by atoms with Gasteiger partial charge in [-0.3, -0.25) is 4.79 Å². The van der Waals surface area contributed by atoms with E-state index < -0.39 is 5.91 Å². The molecular weight excluding hydrogens is 290 g/mol. The molecule has 6 nitrogen and oxygen atoms in total. The number of rotatable bonds is 6. The molecule has 118 valence electrons. The van der Waals surface area contributed by atoms with E-state index in [9.17, 15) is 4.79 Å². The molecule has 1 fully saturated rings. The van der Waals surface area contributed by atoms with Gasteiger partial charge in [0, 0.05) is 19.1 Å². The van der Waals surface area contributed by atoms with Crippen molar-refractivity contribution < 1.29 is 14.3 Å². The number of ether oxygens (including phenoxy) is 2. The Labute approximate surface area is 128 Å². The van der Waals surface area contributed by atoms with Crippen molar-refractivity contribution in [3.8, 4) is 5.75 Å². The van der Waals surface area contributed by atoms with Gasteiger partial charge < -0.3 is 26.3 Å². The molecule has 0 saturated carbocycles. The molecule has 5 N–H and O–H groups in total. The zero-order chi connectivity index (χ0) is 15.6. The van der Waals surface area contributed by atoms with Crippen molar-refractivity contribution in [1.82, 2.24) is 0 Å². The van der Waals surface area contributed by atoms with Crippen molar-refractivity contribution in [2.24, 2.45) is 11.7 Å². The number of nitrogen functional groups attached to an aromatic ring is 1. The highest BCUT2D eigenvalue weighted by molar-refractivity contribution is 7.19. The van der Waals surface area contributed by atoms with Crippen LogP contribution in [0.5, 0.6) is 5.75 Å². The first-order chi connectivity index (χ1) is 9.90. The number of nitrogens with one attached hydrogen (secondary N) is 1. The summed E-state index contributed by atoms with van der Waals surface area (Å²) in [6.07, 6.45) is 1.23. The minimum Gasteiger partial charge on any atom is -0.486 e. The van der Waals surface area contributed by atoms with Crippen molar-refractivity contribution >= 4 is 27.9 Å². The molecule has 21 heavy (non-hydrogen) atoms. The summed E-state index contributed by atoms with van der Waals surface area (Å²) in [6, 6.07) is 0. The van der Waals surface area contributed by atoms with Crippen LogP contribution in [0.3, 0.4) is 0 Å². The van der Waals surface area contributed by atoms with Crippen LogP contribution in [-0.4, -0.2) is 31.3 Å². The second-order valence-electron chi connectivity index (χ2n) is 5.54. The third-order valence-electron chi connectivity index (χ3n) is 3.53. The second kappa shape index (κ2) is 6.53. The SMILES string of the molecule is CC(C)Oc1c(NCC2CCOC2C)sc(C(N)=O)c1N. The summed E-state index contributed by atoms with van der Waals surface area (Å²) in [6.45, 7) is 7.45. The predicted octanol–water partition coefficient (Wildman–Crippen LogP) is 2.05. The van der Waals surface area contributed by atoms with Gasteiger partial charge in [0.1, 0.15) is 15.6 Å². The van der Waals surface area contributed by atoms with E-state index in [0.717, 1.165) is 24.6 Å². The van der Waals surface area contributed by atoms with Crippen LogP contribution in [0.2, 0.25) is 0 Å². The summed E-state index contributed by atoms with van der Waals surface area (Å²) in [5.74, 6) is 0.435. The molecule has 0 radical (unpaired) electrons. The van der Waals surface area contributed by atoms with Crippen molar-refractivity contribution in [3.05, 3.63) is 4.88 Å². The molecule has 2 unspecified atom stereocenters. The molecule has 0 aliphatic carbocycles. The summed E-state index contributed by atoms with van der Waals surface area (Å²) in [5.41, 5.74) is 11.7. The Morgan fingerprint density at radius 2 is 2.29 bits per heavy atom. The number of hydrogen-bond donors (Lipinski definition) is 3. The predicted molar refractivity (Wildman–Crippen MR) is 85.0 cm³/mol. The number of anilines is 2. The molecule has 1 aromatic rings. The van der Waals surface area contributed by atoms with Crippen LogP contribution in [0.4, 0.5) is 10.7 Å². The maximum absolute atomic E-state index is 11.4. The summed E-state index contributed by atoms with van der Waals surface area (Å²) in [5, 5.41) is 4.09.